The highest BCUT2D eigenvalue weighted by molar-refractivity contribution is 9.10. The molecular weight excluding hydrogens is 312 g/mol. The van der Waals surface area contributed by atoms with Gasteiger partial charge in [0.2, 0.25) is 0 Å². The molecule has 1 fully saturated rings. The fourth-order valence-electron chi connectivity index (χ4n) is 2.87. The fraction of sp³-hybridized carbons (Fsp3) is 0.647. The van der Waals surface area contributed by atoms with Gasteiger partial charge in [0, 0.05) is 30.1 Å². The minimum Gasteiger partial charge on any atom is -0.370 e. The van der Waals surface area contributed by atoms with Gasteiger partial charge in [-0.1, -0.05) is 33.8 Å². The second kappa shape index (κ2) is 6.48. The van der Waals surface area contributed by atoms with Gasteiger partial charge in [0.1, 0.15) is 0 Å². The van der Waals surface area contributed by atoms with Gasteiger partial charge >= 0.3 is 0 Å². The van der Waals surface area contributed by atoms with E-state index >= 15 is 0 Å². The van der Waals surface area contributed by atoms with Crippen molar-refractivity contribution in [2.75, 3.05) is 18.0 Å². The van der Waals surface area contributed by atoms with Gasteiger partial charge in [-0.05, 0) is 51.9 Å². The van der Waals surface area contributed by atoms with Crippen LogP contribution in [0.4, 0.5) is 5.69 Å². The van der Waals surface area contributed by atoms with E-state index in [1.807, 2.05) is 0 Å². The molecule has 0 saturated carbocycles. The number of benzene rings is 1. The number of piperidine rings is 1. The Morgan fingerprint density at radius 1 is 1.35 bits per heavy atom. The Morgan fingerprint density at radius 2 is 2.10 bits per heavy atom. The van der Waals surface area contributed by atoms with Gasteiger partial charge < -0.3 is 10.2 Å². The molecule has 0 aliphatic carbocycles. The molecule has 0 aromatic heterocycles. The highest BCUT2D eigenvalue weighted by atomic mass is 79.9. The zero-order valence-corrected chi connectivity index (χ0v) is 14.8. The van der Waals surface area contributed by atoms with Gasteiger partial charge in [0.15, 0.2) is 0 Å². The number of halogens is 1. The van der Waals surface area contributed by atoms with E-state index in [2.05, 4.69) is 72.0 Å². The van der Waals surface area contributed by atoms with E-state index in [0.717, 1.165) is 13.1 Å². The molecule has 1 aromatic rings. The van der Waals surface area contributed by atoms with E-state index in [9.17, 15) is 0 Å². The Balaban J connectivity index is 2.09. The lowest BCUT2D eigenvalue weighted by molar-refractivity contribution is 0.293. The van der Waals surface area contributed by atoms with E-state index in [1.165, 1.54) is 35.1 Å². The molecule has 0 spiro atoms. The van der Waals surface area contributed by atoms with Gasteiger partial charge in [-0.3, -0.25) is 0 Å². The van der Waals surface area contributed by atoms with Crippen LogP contribution in [-0.2, 0) is 6.54 Å². The Bertz CT molecular complexity index is 454. The van der Waals surface area contributed by atoms with Gasteiger partial charge in [-0.15, -0.1) is 0 Å². The number of rotatable bonds is 4. The Kier molecular flexibility index (Phi) is 5.14. The average molecular weight is 339 g/mol. The minimum absolute atomic E-state index is 0.426. The quantitative estimate of drug-likeness (QED) is 0.864. The molecule has 0 unspecified atom stereocenters. The molecule has 1 aromatic carbocycles. The van der Waals surface area contributed by atoms with Crippen molar-refractivity contribution < 1.29 is 0 Å². The normalized spacial score (nSPS) is 18.6. The van der Waals surface area contributed by atoms with Crippen molar-refractivity contribution in [3.8, 4) is 0 Å². The highest BCUT2D eigenvalue weighted by Crippen LogP contribution is 2.35. The van der Waals surface area contributed by atoms with Gasteiger partial charge in [0.05, 0.1) is 5.69 Å². The number of hydrogen-bond donors (Lipinski definition) is 1. The van der Waals surface area contributed by atoms with Crippen LogP contribution in [0.2, 0.25) is 0 Å². The summed E-state index contributed by atoms with van der Waals surface area (Å²) in [6.07, 6.45) is 2.62. The fourth-order valence-corrected chi connectivity index (χ4v) is 3.54. The summed E-state index contributed by atoms with van der Waals surface area (Å²) in [5.74, 6) is 0. The summed E-state index contributed by atoms with van der Waals surface area (Å²) in [6, 6.07) is 7.29. The summed E-state index contributed by atoms with van der Waals surface area (Å²) >= 11 is 3.76. The number of anilines is 1. The molecule has 1 heterocycles. The zero-order valence-electron chi connectivity index (χ0n) is 13.2. The molecule has 3 heteroatoms. The van der Waals surface area contributed by atoms with Gasteiger partial charge in [-0.2, -0.15) is 0 Å². The van der Waals surface area contributed by atoms with Crippen LogP contribution < -0.4 is 10.2 Å². The maximum Gasteiger partial charge on any atom is 0.0511 e. The van der Waals surface area contributed by atoms with E-state index < -0.39 is 0 Å². The van der Waals surface area contributed by atoms with E-state index in [0.29, 0.717) is 11.5 Å². The lowest BCUT2D eigenvalue weighted by atomic mass is 9.84. The molecule has 20 heavy (non-hydrogen) atoms. The molecular formula is C17H27BrN2. The monoisotopic (exact) mass is 338 g/mol. The van der Waals surface area contributed by atoms with Crippen LogP contribution in [0.25, 0.3) is 0 Å². The molecule has 0 atom stereocenters. The molecule has 1 aliphatic heterocycles. The predicted molar refractivity (Wildman–Crippen MR) is 91.3 cm³/mol. The molecule has 1 aliphatic rings. The molecule has 2 rings (SSSR count). The second-order valence-electron chi connectivity index (χ2n) is 7.01. The van der Waals surface area contributed by atoms with E-state index in [4.69, 9.17) is 0 Å². The van der Waals surface area contributed by atoms with Crippen molar-refractivity contribution >= 4 is 21.6 Å². The van der Waals surface area contributed by atoms with Crippen LogP contribution in [0.1, 0.15) is 46.1 Å². The molecule has 112 valence electrons. The average Bonchev–Trinajstić information content (AvgIpc) is 2.35. The Labute approximate surface area is 132 Å². The van der Waals surface area contributed by atoms with Gasteiger partial charge in [-0.25, -0.2) is 0 Å². The predicted octanol–water partition coefficient (Wildman–Crippen LogP) is 4.57. The summed E-state index contributed by atoms with van der Waals surface area (Å²) in [4.78, 5) is 2.52. The van der Waals surface area contributed by atoms with Gasteiger partial charge in [0.25, 0.3) is 0 Å². The third kappa shape index (κ3) is 4.23. The van der Waals surface area contributed by atoms with Crippen molar-refractivity contribution in [2.45, 2.75) is 53.1 Å². The summed E-state index contributed by atoms with van der Waals surface area (Å²) in [5, 5.41) is 3.47. The van der Waals surface area contributed by atoms with Crippen molar-refractivity contribution in [1.82, 2.24) is 5.32 Å². The van der Waals surface area contributed by atoms with Crippen LogP contribution in [0.3, 0.4) is 0 Å². The van der Waals surface area contributed by atoms with Crippen LogP contribution in [0.5, 0.6) is 0 Å². The van der Waals surface area contributed by atoms with E-state index in [-0.39, 0.29) is 0 Å². The van der Waals surface area contributed by atoms with E-state index in [1.54, 1.807) is 0 Å². The molecule has 2 nitrogen and oxygen atoms in total. The van der Waals surface area contributed by atoms with Crippen molar-refractivity contribution in [2.24, 2.45) is 5.41 Å². The van der Waals surface area contributed by atoms with Crippen molar-refractivity contribution in [3.63, 3.8) is 0 Å². The SMILES string of the molecule is CC(C)NCc1ccc(N2CCCC(C)(C)C2)c(Br)c1. The summed E-state index contributed by atoms with van der Waals surface area (Å²) < 4.78 is 1.22. The lowest BCUT2D eigenvalue weighted by Gasteiger charge is -2.40. The lowest BCUT2D eigenvalue weighted by Crippen LogP contribution is -2.40. The minimum atomic E-state index is 0.426. The Hall–Kier alpha value is -0.540. The summed E-state index contributed by atoms with van der Waals surface area (Å²) in [5.41, 5.74) is 3.10. The Morgan fingerprint density at radius 3 is 2.70 bits per heavy atom. The number of hydrogen-bond acceptors (Lipinski definition) is 2. The third-order valence-electron chi connectivity index (χ3n) is 3.97. The molecule has 0 radical (unpaired) electrons. The highest BCUT2D eigenvalue weighted by Gasteiger charge is 2.27. The largest absolute Gasteiger partial charge is 0.370 e. The number of nitrogens with one attached hydrogen (secondary N) is 1. The maximum atomic E-state index is 3.76. The number of nitrogens with zero attached hydrogens (tertiary/aromatic N) is 1. The van der Waals surface area contributed by atoms with Crippen LogP contribution in [0, 0.1) is 5.41 Å². The molecule has 0 amide bonds. The first-order valence-corrected chi connectivity index (χ1v) is 8.43. The van der Waals surface area contributed by atoms with Crippen molar-refractivity contribution in [3.05, 3.63) is 28.2 Å². The van der Waals surface area contributed by atoms with Crippen LogP contribution >= 0.6 is 15.9 Å². The first-order valence-electron chi connectivity index (χ1n) is 7.64. The maximum absolute atomic E-state index is 3.76. The first kappa shape index (κ1) is 15.8. The molecule has 0 bridgehead atoms. The molecule has 1 saturated heterocycles. The zero-order chi connectivity index (χ0) is 14.8. The third-order valence-corrected chi connectivity index (χ3v) is 4.60. The smallest absolute Gasteiger partial charge is 0.0511 e. The van der Waals surface area contributed by atoms with Crippen LogP contribution in [0.15, 0.2) is 22.7 Å². The first-order chi connectivity index (χ1) is 9.37. The van der Waals surface area contributed by atoms with Crippen LogP contribution in [-0.4, -0.2) is 19.1 Å². The standard InChI is InChI=1S/C17H27BrN2/c1-13(2)19-11-14-6-7-16(15(18)10-14)20-9-5-8-17(3,4)12-20/h6-7,10,13,19H,5,8-9,11-12H2,1-4H3. The summed E-state index contributed by atoms with van der Waals surface area (Å²) in [7, 11) is 0. The molecule has 1 N–H and O–H groups in total. The topological polar surface area (TPSA) is 15.3 Å². The second-order valence-corrected chi connectivity index (χ2v) is 7.87. The summed E-state index contributed by atoms with van der Waals surface area (Å²) in [6.45, 7) is 12.4. The van der Waals surface area contributed by atoms with Crippen molar-refractivity contribution in [1.29, 1.82) is 0 Å².